The summed E-state index contributed by atoms with van der Waals surface area (Å²) in [6.07, 6.45) is 9.47. The summed E-state index contributed by atoms with van der Waals surface area (Å²) in [7, 11) is 1.29. The molecule has 1 aromatic rings. The second-order valence-electron chi connectivity index (χ2n) is 6.51. The molecule has 5 nitrogen and oxygen atoms in total. The van der Waals surface area contributed by atoms with Crippen LogP contribution in [0.2, 0.25) is 0 Å². The molecule has 5 heteroatoms. The van der Waals surface area contributed by atoms with Gasteiger partial charge in [0.2, 0.25) is 5.76 Å². The number of unbranched alkanes of at least 4 members (excludes halogenated alkanes) is 3. The Bertz CT molecular complexity index is 507. The summed E-state index contributed by atoms with van der Waals surface area (Å²) in [6, 6.07) is 6.14. The summed E-state index contributed by atoms with van der Waals surface area (Å²) < 4.78 is 4.64. The molecule has 27 heavy (non-hydrogen) atoms. The van der Waals surface area contributed by atoms with Crippen molar-refractivity contribution in [3.63, 3.8) is 0 Å². The van der Waals surface area contributed by atoms with Crippen LogP contribution in [0.3, 0.4) is 0 Å². The third-order valence-electron chi connectivity index (χ3n) is 4.11. The van der Waals surface area contributed by atoms with Crippen molar-refractivity contribution in [2.45, 2.75) is 59.3 Å². The van der Waals surface area contributed by atoms with Crippen molar-refractivity contribution in [3.05, 3.63) is 35.6 Å². The molecule has 0 atom stereocenters. The summed E-state index contributed by atoms with van der Waals surface area (Å²) >= 11 is 0. The second-order valence-corrected chi connectivity index (χ2v) is 6.51. The number of nitrogens with zero attached hydrogens (tertiary/aromatic N) is 1. The van der Waals surface area contributed by atoms with Crippen molar-refractivity contribution in [2.75, 3.05) is 26.7 Å². The minimum absolute atomic E-state index is 0.136. The van der Waals surface area contributed by atoms with Crippen molar-refractivity contribution >= 4 is 12.0 Å². The molecule has 0 amide bonds. The number of phenolic OH excluding ortho intramolecular Hbond substituents is 1. The molecule has 154 valence electrons. The summed E-state index contributed by atoms with van der Waals surface area (Å²) in [5, 5.41) is 17.6. The van der Waals surface area contributed by atoms with E-state index < -0.39 is 5.97 Å². The molecule has 0 saturated heterocycles. The first-order chi connectivity index (χ1) is 13.0. The largest absolute Gasteiger partial charge is 0.508 e. The van der Waals surface area contributed by atoms with Gasteiger partial charge in [0.25, 0.3) is 0 Å². The first-order valence-corrected chi connectivity index (χ1v) is 9.98. The van der Waals surface area contributed by atoms with Crippen LogP contribution in [0.15, 0.2) is 30.0 Å². The Hall–Kier alpha value is -2.01. The zero-order valence-corrected chi connectivity index (χ0v) is 17.4. The van der Waals surface area contributed by atoms with Crippen molar-refractivity contribution < 1.29 is 19.7 Å². The molecule has 0 aromatic heterocycles. The summed E-state index contributed by atoms with van der Waals surface area (Å²) in [5.41, 5.74) is 0.655. The molecule has 0 saturated carbocycles. The third kappa shape index (κ3) is 12.9. The highest BCUT2D eigenvalue weighted by Gasteiger charge is 2.06. The molecular formula is C22H37NO4. The van der Waals surface area contributed by atoms with E-state index in [9.17, 15) is 4.79 Å². The molecule has 0 bridgehead atoms. The molecule has 2 N–H and O–H groups in total. The maximum atomic E-state index is 10.6. The number of ether oxygens (including phenoxy) is 1. The monoisotopic (exact) mass is 379 g/mol. The highest BCUT2D eigenvalue weighted by Crippen LogP contribution is 2.13. The molecule has 0 heterocycles. The Balaban J connectivity index is 0.000000503. The van der Waals surface area contributed by atoms with Gasteiger partial charge in [0.05, 0.1) is 7.11 Å². The number of methoxy groups -OCH3 is 1. The van der Waals surface area contributed by atoms with E-state index in [1.54, 1.807) is 12.1 Å². The van der Waals surface area contributed by atoms with Crippen LogP contribution in [-0.4, -0.2) is 47.8 Å². The first kappa shape index (κ1) is 25.0. The number of aliphatic carboxylic acids is 1. The van der Waals surface area contributed by atoms with Gasteiger partial charge in [-0.2, -0.15) is 0 Å². The molecule has 1 aromatic carbocycles. The average Bonchev–Trinajstić information content (AvgIpc) is 2.67. The van der Waals surface area contributed by atoms with Gasteiger partial charge < -0.3 is 19.8 Å². The summed E-state index contributed by atoms with van der Waals surface area (Å²) in [6.45, 7) is 10.8. The number of carboxylic acid groups (broad SMARTS) is 1. The topological polar surface area (TPSA) is 70.0 Å². The van der Waals surface area contributed by atoms with Gasteiger partial charge in [0.1, 0.15) is 5.75 Å². The van der Waals surface area contributed by atoms with E-state index in [1.807, 2.05) is 0 Å². The fraction of sp³-hybridized carbons (Fsp3) is 0.591. The van der Waals surface area contributed by atoms with E-state index in [1.165, 1.54) is 83.5 Å². The van der Waals surface area contributed by atoms with Crippen LogP contribution < -0.4 is 0 Å². The van der Waals surface area contributed by atoms with Gasteiger partial charge in [-0.05, 0) is 62.7 Å². The normalized spacial score (nSPS) is 11.1. The van der Waals surface area contributed by atoms with Gasteiger partial charge in [0.15, 0.2) is 0 Å². The van der Waals surface area contributed by atoms with Gasteiger partial charge in [0, 0.05) is 0 Å². The molecule has 0 radical (unpaired) electrons. The highest BCUT2D eigenvalue weighted by molar-refractivity contribution is 5.89. The Morgan fingerprint density at radius 2 is 1.41 bits per heavy atom. The van der Waals surface area contributed by atoms with Crippen molar-refractivity contribution in [3.8, 4) is 5.75 Å². The minimum Gasteiger partial charge on any atom is -0.508 e. The fourth-order valence-electron chi connectivity index (χ4n) is 2.41. The van der Waals surface area contributed by atoms with Crippen LogP contribution in [0, 0.1) is 0 Å². The number of benzene rings is 1. The van der Waals surface area contributed by atoms with E-state index in [4.69, 9.17) is 10.2 Å². The van der Waals surface area contributed by atoms with Gasteiger partial charge in [-0.15, -0.1) is 0 Å². The van der Waals surface area contributed by atoms with Crippen molar-refractivity contribution in [1.82, 2.24) is 4.90 Å². The Morgan fingerprint density at radius 1 is 0.963 bits per heavy atom. The van der Waals surface area contributed by atoms with Gasteiger partial charge in [-0.25, -0.2) is 4.79 Å². The second kappa shape index (κ2) is 16.2. The number of carbonyl (C=O) groups is 1. The molecule has 1 rings (SSSR count). The average molecular weight is 380 g/mol. The predicted octanol–water partition coefficient (Wildman–Crippen LogP) is 5.15. The molecular weight excluding hydrogens is 342 g/mol. The Labute approximate surface area is 164 Å². The summed E-state index contributed by atoms with van der Waals surface area (Å²) in [4.78, 5) is 13.2. The number of rotatable bonds is 12. The van der Waals surface area contributed by atoms with E-state index in [0.29, 0.717) is 5.56 Å². The maximum Gasteiger partial charge on any atom is 0.371 e. The minimum atomic E-state index is -1.12. The van der Waals surface area contributed by atoms with Crippen LogP contribution in [0.4, 0.5) is 0 Å². The highest BCUT2D eigenvalue weighted by atomic mass is 16.5. The van der Waals surface area contributed by atoms with Gasteiger partial charge >= 0.3 is 5.97 Å². The molecule has 0 fully saturated rings. The Morgan fingerprint density at radius 3 is 1.74 bits per heavy atom. The molecule has 0 aliphatic heterocycles. The van der Waals surface area contributed by atoms with Crippen molar-refractivity contribution in [2.24, 2.45) is 0 Å². The van der Waals surface area contributed by atoms with E-state index in [0.717, 1.165) is 0 Å². The molecule has 0 unspecified atom stereocenters. The van der Waals surface area contributed by atoms with Crippen LogP contribution in [0.5, 0.6) is 5.75 Å². The lowest BCUT2D eigenvalue weighted by atomic mass is 10.2. The number of hydrogen-bond acceptors (Lipinski definition) is 4. The van der Waals surface area contributed by atoms with E-state index >= 15 is 0 Å². The SMILES string of the molecule is CCCCN(CCCC)CCCC.COC(=Cc1ccc(O)cc1)C(=O)O. The van der Waals surface area contributed by atoms with E-state index in [-0.39, 0.29) is 11.5 Å². The van der Waals surface area contributed by atoms with Crippen LogP contribution in [0.1, 0.15) is 64.9 Å². The first-order valence-electron chi connectivity index (χ1n) is 9.98. The lowest BCUT2D eigenvalue weighted by molar-refractivity contribution is -0.135. The standard InChI is InChI=1S/C12H27N.C10H10O4/c1-4-7-10-13(11-8-5-2)12-9-6-3;1-14-9(10(12)13)6-7-2-4-8(11)5-3-7/h4-12H2,1-3H3;2-6,11H,1H3,(H,12,13). The van der Waals surface area contributed by atoms with Gasteiger partial charge in [-0.1, -0.05) is 52.2 Å². The van der Waals surface area contributed by atoms with Crippen LogP contribution in [-0.2, 0) is 9.53 Å². The zero-order valence-electron chi connectivity index (χ0n) is 17.4. The molecule has 0 aliphatic rings. The Kier molecular flexibility index (Phi) is 15.0. The molecule has 0 aliphatic carbocycles. The van der Waals surface area contributed by atoms with Gasteiger partial charge in [-0.3, -0.25) is 0 Å². The van der Waals surface area contributed by atoms with Crippen LogP contribution in [0.25, 0.3) is 6.08 Å². The summed E-state index contributed by atoms with van der Waals surface area (Å²) in [5.74, 6) is -1.13. The predicted molar refractivity (Wildman–Crippen MR) is 112 cm³/mol. The lowest BCUT2D eigenvalue weighted by Crippen LogP contribution is -2.27. The lowest BCUT2D eigenvalue weighted by Gasteiger charge is -2.21. The zero-order chi connectivity index (χ0) is 20.5. The molecule has 0 spiro atoms. The number of carboxylic acids is 1. The van der Waals surface area contributed by atoms with Crippen molar-refractivity contribution in [1.29, 1.82) is 0 Å². The quantitative estimate of drug-likeness (QED) is 0.388. The number of phenols is 1. The fourth-order valence-corrected chi connectivity index (χ4v) is 2.41. The third-order valence-corrected chi connectivity index (χ3v) is 4.11. The van der Waals surface area contributed by atoms with Crippen LogP contribution >= 0.6 is 0 Å². The van der Waals surface area contributed by atoms with E-state index in [2.05, 4.69) is 30.4 Å². The number of hydrogen-bond donors (Lipinski definition) is 2. The smallest absolute Gasteiger partial charge is 0.371 e. The maximum absolute atomic E-state index is 10.6. The number of aromatic hydroxyl groups is 1.